The molecule has 331 valence electrons. The van der Waals surface area contributed by atoms with Crippen LogP contribution in [0.3, 0.4) is 0 Å². The number of benzene rings is 10. The second-order valence-electron chi connectivity index (χ2n) is 20.7. The smallest absolute Gasteiger partial charge is 0.195 e. The molecule has 0 spiro atoms. The van der Waals surface area contributed by atoms with Crippen molar-refractivity contribution < 1.29 is 8.83 Å². The quantitative estimate of drug-likeness (QED) is 0.196. The molecule has 0 bridgehead atoms. The predicted molar refractivity (Wildman–Crippen MR) is 351 cm³/mol. The summed E-state index contributed by atoms with van der Waals surface area (Å²) >= 11 is 1.32. The summed E-state index contributed by atoms with van der Waals surface area (Å²) in [6, 6.07) is 35.5. The van der Waals surface area contributed by atoms with Crippen LogP contribution in [0.4, 0.5) is 0 Å². The lowest BCUT2D eigenvalue weighted by molar-refractivity contribution is 0.669. The van der Waals surface area contributed by atoms with Crippen LogP contribution in [0.5, 0.6) is 0 Å². The summed E-state index contributed by atoms with van der Waals surface area (Å²) in [5.41, 5.74) is 13.2. The van der Waals surface area contributed by atoms with Gasteiger partial charge in [-0.2, -0.15) is 0 Å². The lowest BCUT2D eigenvalue weighted by Gasteiger charge is -2.34. The molecule has 4 nitrogen and oxygen atoms in total. The number of nitrogens with zero attached hydrogens (tertiary/aromatic N) is 2. The average molecular weight is 993 g/mol. The fraction of sp³-hybridized carbons (Fsp3) is 0. The van der Waals surface area contributed by atoms with E-state index in [-0.39, 0.29) is 87.6 Å². The van der Waals surface area contributed by atoms with Crippen LogP contribution in [0.1, 0.15) is 0 Å². The van der Waals surface area contributed by atoms with E-state index in [1.165, 1.54) is 11.8 Å². The van der Waals surface area contributed by atoms with Crippen LogP contribution in [-0.4, -0.2) is 126 Å². The van der Waals surface area contributed by atoms with E-state index in [9.17, 15) is 0 Å². The van der Waals surface area contributed by atoms with Gasteiger partial charge in [0.05, 0.1) is 11.2 Å². The van der Waals surface area contributed by atoms with Gasteiger partial charge in [-0.25, -0.2) is 0 Å². The molecular formula is C60H18B15N2O2S. The van der Waals surface area contributed by atoms with Crippen molar-refractivity contribution in [3.8, 4) is 44.8 Å². The van der Waals surface area contributed by atoms with Crippen LogP contribution in [-0.2, 0) is 0 Å². The predicted octanol–water partition coefficient (Wildman–Crippen LogP) is -1.77. The maximum absolute atomic E-state index is 7.79. The van der Waals surface area contributed by atoms with Gasteiger partial charge < -0.3 is 18.0 Å². The van der Waals surface area contributed by atoms with Crippen LogP contribution < -0.4 is 87.4 Å². The van der Waals surface area contributed by atoms with Crippen molar-refractivity contribution in [2.45, 2.75) is 9.79 Å². The van der Waals surface area contributed by atoms with Crippen molar-refractivity contribution in [3.05, 3.63) is 109 Å². The highest BCUT2D eigenvalue weighted by Gasteiger charge is 2.37. The standard InChI is InChI=1S/C60H18B15N2O2S/c61-37-30(25-14-6-13-23-22-10-1-3-15-26(22)79-58(23)25)40(64)47(71)53-33(37)34-38(62)31(41(65)48(72)54(34)76(53)20-9-5-8-19(18-20)21-12-7-17-28-29(21)24-11-2-4-16-27(24)78-28)32-39(63)35-36-42(66)44(68)49(73)59-56(36)77-55(35)51(43(32)67)75-52-46(70)45(69)50(74)60(80-59)57(52)77/h1-18H. The van der Waals surface area contributed by atoms with Gasteiger partial charge >= 0.3 is 0 Å². The van der Waals surface area contributed by atoms with Crippen molar-refractivity contribution in [1.82, 2.24) is 9.13 Å². The van der Waals surface area contributed by atoms with Gasteiger partial charge in [-0.05, 0) is 58.1 Å². The molecule has 2 aliphatic rings. The fourth-order valence-corrected chi connectivity index (χ4v) is 14.4. The summed E-state index contributed by atoms with van der Waals surface area (Å²) in [5.74, 6) is 0. The molecule has 0 saturated carbocycles. The Morgan fingerprint density at radius 1 is 0.350 bits per heavy atom. The van der Waals surface area contributed by atoms with Crippen LogP contribution in [0.25, 0.3) is 132 Å². The first-order valence-corrected chi connectivity index (χ1v) is 26.2. The van der Waals surface area contributed by atoms with E-state index in [4.69, 9.17) is 119 Å². The van der Waals surface area contributed by atoms with E-state index in [0.717, 1.165) is 43.8 Å². The molecule has 0 N–H and O–H groups in total. The summed E-state index contributed by atoms with van der Waals surface area (Å²) in [5, 5.41) is 5.54. The van der Waals surface area contributed by atoms with Crippen LogP contribution in [0.15, 0.2) is 128 Å². The van der Waals surface area contributed by atoms with Crippen molar-refractivity contribution >= 4 is 304 Å². The molecule has 10 aromatic carbocycles. The molecular weight excluding hydrogens is 975 g/mol. The second-order valence-corrected chi connectivity index (χ2v) is 21.7. The SMILES string of the molecule is [B]c1c([B])c2c3c(c1[B])Sc1c([B])c([B])c([B])c4c5c([B])c(-c6c([B])c([B])c7c(c6[B])c6c([B])c(-c8cccc9c8oc8ccccc89)c([B])c([B])c6n7-c6cccc(-c7cccc8oc9ccccc9c78)c6)c([B])c(c5n-3c14)[B]2. The number of furan rings is 2. The van der Waals surface area contributed by atoms with Crippen molar-refractivity contribution in [3.63, 3.8) is 0 Å². The molecule has 6 heterocycles. The Bertz CT molecular complexity index is 5330. The van der Waals surface area contributed by atoms with Gasteiger partial charge in [0, 0.05) is 80.7 Å². The maximum atomic E-state index is 7.79. The zero-order valence-electron chi connectivity index (χ0n) is 42.2. The van der Waals surface area contributed by atoms with Gasteiger partial charge in [0.2, 0.25) is 0 Å². The molecule has 80 heavy (non-hydrogen) atoms. The number of hydrogen-bond donors (Lipinski definition) is 0. The minimum Gasteiger partial charge on any atom is -0.456 e. The molecule has 4 aromatic heterocycles. The van der Waals surface area contributed by atoms with Crippen LogP contribution >= 0.6 is 11.8 Å². The Labute approximate surface area is 482 Å². The molecule has 20 heteroatoms. The van der Waals surface area contributed by atoms with Gasteiger partial charge in [-0.15, -0.1) is 16.4 Å². The minimum absolute atomic E-state index is 0.0586. The topological polar surface area (TPSA) is 36.1 Å². The van der Waals surface area contributed by atoms with Crippen LogP contribution in [0, 0.1) is 0 Å². The van der Waals surface area contributed by atoms with Crippen molar-refractivity contribution in [2.24, 2.45) is 0 Å². The Morgan fingerprint density at radius 2 is 0.900 bits per heavy atom. The zero-order chi connectivity index (χ0) is 55.0. The average Bonchev–Trinajstić information content (AvgIpc) is 4.27. The summed E-state index contributed by atoms with van der Waals surface area (Å²) in [6.07, 6.45) is 0. The molecule has 29 radical (unpaired) electrons. The van der Waals surface area contributed by atoms with Crippen LogP contribution in [0.2, 0.25) is 0 Å². The molecule has 0 unspecified atom stereocenters. The summed E-state index contributed by atoms with van der Waals surface area (Å²) in [6.45, 7) is 0. The zero-order valence-corrected chi connectivity index (χ0v) is 43.0. The number of para-hydroxylation sites is 3. The molecule has 0 atom stereocenters. The molecule has 0 fully saturated rings. The first kappa shape index (κ1) is 48.6. The van der Waals surface area contributed by atoms with Crippen molar-refractivity contribution in [1.29, 1.82) is 0 Å². The van der Waals surface area contributed by atoms with Crippen molar-refractivity contribution in [2.75, 3.05) is 0 Å². The van der Waals surface area contributed by atoms with E-state index >= 15 is 0 Å². The van der Waals surface area contributed by atoms with Gasteiger partial charge in [0.1, 0.15) is 132 Å². The number of aromatic nitrogens is 2. The van der Waals surface area contributed by atoms with Gasteiger partial charge in [-0.3, -0.25) is 0 Å². The van der Waals surface area contributed by atoms with E-state index in [2.05, 4.69) is 6.07 Å². The summed E-state index contributed by atoms with van der Waals surface area (Å²) in [7, 11) is 103. The highest BCUT2D eigenvalue weighted by Crippen LogP contribution is 2.45. The summed E-state index contributed by atoms with van der Waals surface area (Å²) in [4.78, 5) is 1.23. The Kier molecular flexibility index (Phi) is 10.1. The van der Waals surface area contributed by atoms with Gasteiger partial charge in [0.25, 0.3) is 0 Å². The fourth-order valence-electron chi connectivity index (χ4n) is 13.1. The third kappa shape index (κ3) is 5.93. The van der Waals surface area contributed by atoms with Gasteiger partial charge in [0.15, 0.2) is 7.28 Å². The largest absolute Gasteiger partial charge is 0.456 e. The summed E-state index contributed by atoms with van der Waals surface area (Å²) < 4.78 is 16.8. The second kappa shape index (κ2) is 16.7. The highest BCUT2D eigenvalue weighted by molar-refractivity contribution is 8.00. The molecule has 16 rings (SSSR count). The molecule has 2 aliphatic heterocycles. The normalized spacial score (nSPS) is 12.8. The molecule has 14 aromatic rings. The first-order chi connectivity index (χ1) is 38.6. The molecule has 0 amide bonds. The van der Waals surface area contributed by atoms with E-state index in [1.54, 1.807) is 0 Å². The Morgan fingerprint density at radius 3 is 1.64 bits per heavy atom. The van der Waals surface area contributed by atoms with E-state index in [1.807, 2.05) is 120 Å². The monoisotopic (exact) mass is 995 g/mol. The highest BCUT2D eigenvalue weighted by atomic mass is 32.2. The Balaban J connectivity index is 1.05. The third-order valence-electron chi connectivity index (χ3n) is 16.8. The van der Waals surface area contributed by atoms with E-state index < -0.39 is 0 Å². The number of rotatable bonds is 4. The maximum Gasteiger partial charge on any atom is 0.195 e. The Hall–Kier alpha value is -7.28. The first-order valence-electron chi connectivity index (χ1n) is 25.4. The molecule has 0 aliphatic carbocycles. The number of fused-ring (bicyclic) bond motifs is 10. The number of hydrogen-bond acceptors (Lipinski definition) is 3. The lowest BCUT2D eigenvalue weighted by atomic mass is 9.50. The molecule has 0 saturated heterocycles. The van der Waals surface area contributed by atoms with Gasteiger partial charge in [-0.1, -0.05) is 162 Å². The lowest BCUT2D eigenvalue weighted by Crippen LogP contribution is -2.58. The minimum atomic E-state index is 0.0586. The third-order valence-corrected chi connectivity index (χ3v) is 18.0. The van der Waals surface area contributed by atoms with E-state index in [0.29, 0.717) is 98.0 Å².